The minimum Gasteiger partial charge on any atom is -0.385 e. The zero-order chi connectivity index (χ0) is 14.7. The summed E-state index contributed by atoms with van der Waals surface area (Å²) >= 11 is 0. The quantitative estimate of drug-likeness (QED) is 0.775. The molecule has 114 valence electrons. The number of carbonyl (C=O) groups excluding carboxylic acids is 2. The molecule has 7 heteroatoms. The Hall–Kier alpha value is -1.24. The average molecular weight is 290 g/mol. The molecule has 5 nitrogen and oxygen atoms in total. The van der Waals surface area contributed by atoms with Crippen LogP contribution < -0.4 is 5.32 Å². The molecule has 2 fully saturated rings. The lowest BCUT2D eigenvalue weighted by Gasteiger charge is -2.24. The maximum atomic E-state index is 12.1. The van der Waals surface area contributed by atoms with Gasteiger partial charge in [0.2, 0.25) is 11.8 Å². The van der Waals surface area contributed by atoms with Crippen molar-refractivity contribution in [2.75, 3.05) is 13.1 Å². The van der Waals surface area contributed by atoms with Crippen LogP contribution in [-0.4, -0.2) is 53.5 Å². The van der Waals surface area contributed by atoms with E-state index >= 15 is 0 Å². The molecule has 2 N–H and O–H groups in total. The molecular formula is C13H20F2N2O3. The third kappa shape index (κ3) is 3.45. The Labute approximate surface area is 116 Å². The first-order valence-corrected chi connectivity index (χ1v) is 7.02. The number of carbonyl (C=O) groups is 2. The molecular weight excluding hydrogens is 270 g/mol. The lowest BCUT2D eigenvalue weighted by atomic mass is 10.1. The lowest BCUT2D eigenvalue weighted by Crippen LogP contribution is -2.40. The first-order chi connectivity index (χ1) is 9.49. The maximum Gasteiger partial charge on any atom is 0.265 e. The number of alkyl halides is 2. The van der Waals surface area contributed by atoms with Gasteiger partial charge in [0, 0.05) is 25.6 Å². The highest BCUT2D eigenvalue weighted by Crippen LogP contribution is 2.29. The molecule has 0 bridgehead atoms. The van der Waals surface area contributed by atoms with Gasteiger partial charge in [-0.2, -0.15) is 0 Å². The molecule has 0 aromatic heterocycles. The van der Waals surface area contributed by atoms with Crippen molar-refractivity contribution in [3.8, 4) is 0 Å². The molecule has 2 atom stereocenters. The van der Waals surface area contributed by atoms with E-state index in [9.17, 15) is 18.4 Å². The van der Waals surface area contributed by atoms with Gasteiger partial charge in [-0.1, -0.05) is 12.8 Å². The van der Waals surface area contributed by atoms with E-state index in [1.807, 2.05) is 0 Å². The molecule has 1 aliphatic heterocycles. The molecule has 2 amide bonds. The second-order valence-electron chi connectivity index (χ2n) is 5.53. The third-order valence-corrected chi connectivity index (χ3v) is 4.07. The van der Waals surface area contributed by atoms with Crippen LogP contribution in [0.25, 0.3) is 0 Å². The van der Waals surface area contributed by atoms with Crippen LogP contribution in [0.5, 0.6) is 0 Å². The topological polar surface area (TPSA) is 69.6 Å². The van der Waals surface area contributed by atoms with Crippen molar-refractivity contribution >= 4 is 11.8 Å². The van der Waals surface area contributed by atoms with Gasteiger partial charge in [-0.05, 0) is 12.8 Å². The predicted octanol–water partition coefficient (Wildman–Crippen LogP) is 0.520. The molecule has 1 aliphatic carbocycles. The highest BCUT2D eigenvalue weighted by atomic mass is 19.3. The van der Waals surface area contributed by atoms with Gasteiger partial charge in [-0.25, -0.2) is 8.78 Å². The summed E-state index contributed by atoms with van der Waals surface area (Å²) in [4.78, 5) is 25.5. The Bertz CT molecular complexity index is 373. The van der Waals surface area contributed by atoms with E-state index in [4.69, 9.17) is 5.11 Å². The average Bonchev–Trinajstić information content (AvgIpc) is 3.03. The monoisotopic (exact) mass is 290 g/mol. The Kier molecular flexibility index (Phi) is 4.91. The van der Waals surface area contributed by atoms with Crippen LogP contribution in [0.4, 0.5) is 8.78 Å². The number of amides is 2. The van der Waals surface area contributed by atoms with Crippen molar-refractivity contribution < 1.29 is 23.5 Å². The van der Waals surface area contributed by atoms with E-state index in [-0.39, 0.29) is 18.4 Å². The van der Waals surface area contributed by atoms with Gasteiger partial charge in [-0.15, -0.1) is 0 Å². The largest absolute Gasteiger partial charge is 0.385 e. The number of rotatable bonds is 5. The van der Waals surface area contributed by atoms with E-state index in [2.05, 4.69) is 5.32 Å². The normalized spacial score (nSPS) is 25.5. The summed E-state index contributed by atoms with van der Waals surface area (Å²) in [5, 5.41) is 11.2. The zero-order valence-corrected chi connectivity index (χ0v) is 11.2. The number of hydrogen-bond donors (Lipinski definition) is 2. The summed E-state index contributed by atoms with van der Waals surface area (Å²) in [6.07, 6.45) is -0.448. The van der Waals surface area contributed by atoms with Crippen LogP contribution in [0.1, 0.15) is 32.1 Å². The Balaban J connectivity index is 1.81. The lowest BCUT2D eigenvalue weighted by molar-refractivity contribution is -0.130. The summed E-state index contributed by atoms with van der Waals surface area (Å²) < 4.78 is 24.2. The summed E-state index contributed by atoms with van der Waals surface area (Å²) in [5.41, 5.74) is 0. The fourth-order valence-corrected chi connectivity index (χ4v) is 2.91. The van der Waals surface area contributed by atoms with E-state index in [1.165, 1.54) is 0 Å². The van der Waals surface area contributed by atoms with Crippen LogP contribution in [-0.2, 0) is 9.59 Å². The van der Waals surface area contributed by atoms with E-state index in [1.54, 1.807) is 4.90 Å². The van der Waals surface area contributed by atoms with Gasteiger partial charge < -0.3 is 15.3 Å². The van der Waals surface area contributed by atoms with Gasteiger partial charge in [0.25, 0.3) is 6.43 Å². The van der Waals surface area contributed by atoms with Crippen molar-refractivity contribution in [3.63, 3.8) is 0 Å². The fourth-order valence-electron chi connectivity index (χ4n) is 2.91. The number of halogens is 2. The summed E-state index contributed by atoms with van der Waals surface area (Å²) in [6, 6.07) is 0.229. The third-order valence-electron chi connectivity index (χ3n) is 4.07. The molecule has 20 heavy (non-hydrogen) atoms. The van der Waals surface area contributed by atoms with Crippen LogP contribution in [0, 0.1) is 5.92 Å². The second-order valence-corrected chi connectivity index (χ2v) is 5.53. The van der Waals surface area contributed by atoms with Crippen molar-refractivity contribution in [3.05, 3.63) is 0 Å². The number of nitrogens with one attached hydrogen (secondary N) is 1. The van der Waals surface area contributed by atoms with Crippen LogP contribution in [0.15, 0.2) is 0 Å². The number of likely N-dealkylation sites (tertiary alicyclic amines) is 1. The van der Waals surface area contributed by atoms with Crippen LogP contribution in [0.3, 0.4) is 0 Å². The number of aliphatic hydroxyl groups excluding tert-OH is 1. The smallest absolute Gasteiger partial charge is 0.265 e. The molecule has 1 heterocycles. The van der Waals surface area contributed by atoms with E-state index < -0.39 is 30.9 Å². The first kappa shape index (κ1) is 15.2. The summed E-state index contributed by atoms with van der Waals surface area (Å²) in [6.45, 7) is -0.120. The Morgan fingerprint density at radius 1 is 1.40 bits per heavy atom. The van der Waals surface area contributed by atoms with Gasteiger partial charge >= 0.3 is 0 Å². The standard InChI is InChI=1S/C13H20F2N2O3/c14-12(15)10(18)6-16-13(20)8-5-11(19)17(7-8)9-3-1-2-4-9/h8-10,12,18H,1-7H2,(H,16,20). The number of aliphatic hydroxyl groups is 1. The molecule has 2 unspecified atom stereocenters. The van der Waals surface area contributed by atoms with Crippen molar-refractivity contribution in [1.82, 2.24) is 10.2 Å². The SMILES string of the molecule is O=C(NCC(O)C(F)F)C1CC(=O)N(C2CCCC2)C1. The van der Waals surface area contributed by atoms with Crippen molar-refractivity contribution in [2.45, 2.75) is 50.7 Å². The zero-order valence-electron chi connectivity index (χ0n) is 11.2. The molecule has 0 spiro atoms. The maximum absolute atomic E-state index is 12.1. The van der Waals surface area contributed by atoms with Crippen LogP contribution in [0.2, 0.25) is 0 Å². The minimum atomic E-state index is -2.88. The molecule has 2 aliphatic rings. The van der Waals surface area contributed by atoms with Crippen molar-refractivity contribution in [2.24, 2.45) is 5.92 Å². The second kappa shape index (κ2) is 6.47. The van der Waals surface area contributed by atoms with Gasteiger partial charge in [-0.3, -0.25) is 9.59 Å². The Morgan fingerprint density at radius 3 is 2.65 bits per heavy atom. The first-order valence-electron chi connectivity index (χ1n) is 7.02. The predicted molar refractivity (Wildman–Crippen MR) is 67.1 cm³/mol. The van der Waals surface area contributed by atoms with Gasteiger partial charge in [0.05, 0.1) is 5.92 Å². The van der Waals surface area contributed by atoms with E-state index in [0.717, 1.165) is 25.7 Å². The fraction of sp³-hybridized carbons (Fsp3) is 0.846. The molecule has 0 radical (unpaired) electrons. The molecule has 0 aromatic rings. The highest BCUT2D eigenvalue weighted by molar-refractivity contribution is 5.89. The highest BCUT2D eigenvalue weighted by Gasteiger charge is 2.38. The molecule has 1 saturated carbocycles. The minimum absolute atomic E-state index is 0.0357. The summed E-state index contributed by atoms with van der Waals surface area (Å²) in [7, 11) is 0. The van der Waals surface area contributed by atoms with E-state index in [0.29, 0.717) is 6.54 Å². The van der Waals surface area contributed by atoms with Gasteiger partial charge in [0.1, 0.15) is 6.10 Å². The molecule has 0 aromatic carbocycles. The van der Waals surface area contributed by atoms with Gasteiger partial charge in [0.15, 0.2) is 0 Å². The number of nitrogens with zero attached hydrogens (tertiary/aromatic N) is 1. The molecule has 1 saturated heterocycles. The summed E-state index contributed by atoms with van der Waals surface area (Å²) in [5.74, 6) is -0.960. The number of hydrogen-bond acceptors (Lipinski definition) is 3. The Morgan fingerprint density at radius 2 is 2.05 bits per heavy atom. The van der Waals surface area contributed by atoms with Crippen molar-refractivity contribution in [1.29, 1.82) is 0 Å². The van der Waals surface area contributed by atoms with Crippen LogP contribution >= 0.6 is 0 Å². The molecule has 2 rings (SSSR count).